The highest BCUT2D eigenvalue weighted by atomic mass is 19.4. The Bertz CT molecular complexity index is 1900. The van der Waals surface area contributed by atoms with Crippen LogP contribution in [0.5, 0.6) is 5.88 Å². The molecule has 10 nitrogen and oxygen atoms in total. The third kappa shape index (κ3) is 5.28. The maximum Gasteiger partial charge on any atom is 0.434 e. The fourth-order valence-electron chi connectivity index (χ4n) is 5.08. The zero-order chi connectivity index (χ0) is 33.1. The van der Waals surface area contributed by atoms with E-state index in [0.29, 0.717) is 22.2 Å². The fraction of sp³-hybridized carbons (Fsp3) is 0.400. The van der Waals surface area contributed by atoms with E-state index < -0.39 is 24.9 Å². The van der Waals surface area contributed by atoms with Crippen LogP contribution < -0.4 is 9.64 Å². The minimum atomic E-state index is -4.59. The molecule has 224 valence electrons. The Hall–Kier alpha value is -4.55. The lowest BCUT2D eigenvalue weighted by molar-refractivity contribution is -0.140. The van der Waals surface area contributed by atoms with Crippen LogP contribution in [0, 0.1) is 0 Å². The minimum absolute atomic E-state index is 0.0787. The molecule has 0 N–H and O–H groups in total. The van der Waals surface area contributed by atoms with Crippen LogP contribution in [0.2, 0.25) is 0 Å². The van der Waals surface area contributed by atoms with Gasteiger partial charge in [0.2, 0.25) is 5.88 Å². The molecule has 1 fully saturated rings. The van der Waals surface area contributed by atoms with Gasteiger partial charge in [0.05, 0.1) is 25.0 Å². The van der Waals surface area contributed by atoms with Crippen molar-refractivity contribution in [2.45, 2.75) is 57.8 Å². The predicted molar refractivity (Wildman–Crippen MR) is 156 cm³/mol. The van der Waals surface area contributed by atoms with Crippen molar-refractivity contribution in [2.24, 2.45) is 7.05 Å². The van der Waals surface area contributed by atoms with E-state index in [2.05, 4.69) is 20.1 Å². The summed E-state index contributed by atoms with van der Waals surface area (Å²) in [5.74, 6) is 0.930. The maximum atomic E-state index is 13.5. The summed E-state index contributed by atoms with van der Waals surface area (Å²) in [5, 5.41) is 4.51. The lowest BCUT2D eigenvalue weighted by Gasteiger charge is -2.27. The summed E-state index contributed by atoms with van der Waals surface area (Å²) in [5.41, 5.74) is 2.01. The Balaban J connectivity index is 1.46. The highest BCUT2D eigenvalue weighted by molar-refractivity contribution is 5.88. The highest BCUT2D eigenvalue weighted by Crippen LogP contribution is 2.45. The van der Waals surface area contributed by atoms with Crippen LogP contribution in [-0.4, -0.2) is 53.4 Å². The van der Waals surface area contributed by atoms with Crippen molar-refractivity contribution in [3.05, 3.63) is 59.9 Å². The van der Waals surface area contributed by atoms with Crippen LogP contribution >= 0.6 is 0 Å². The minimum Gasteiger partial charge on any atom is -0.480 e. The standard InChI is InChI=1S/C30H32F3N9O/c1-16(2)42-14-22(30(31,32)33)37-27(42)20-11-7-18(8-12-20)17(3)41(5)28-25-21(13-40(4)39-25)36-26(38-28)23-24(19-9-10-19)34-15-35-29(23)43-6/h7-8,11-17,19H,9-10H2,1-6H3/t17-/m1/s1/i5D3. The summed E-state index contributed by atoms with van der Waals surface area (Å²) in [4.78, 5) is 23.4. The number of benzene rings is 1. The van der Waals surface area contributed by atoms with Gasteiger partial charge in [-0.1, -0.05) is 24.3 Å². The maximum absolute atomic E-state index is 13.5. The number of anilines is 1. The topological polar surface area (TPSA) is 99.7 Å². The van der Waals surface area contributed by atoms with Crippen molar-refractivity contribution in [1.29, 1.82) is 0 Å². The summed E-state index contributed by atoms with van der Waals surface area (Å²) >= 11 is 0. The van der Waals surface area contributed by atoms with Crippen LogP contribution in [-0.2, 0) is 13.2 Å². The van der Waals surface area contributed by atoms with Gasteiger partial charge in [-0.25, -0.2) is 24.9 Å². The first-order valence-electron chi connectivity index (χ1n) is 15.3. The van der Waals surface area contributed by atoms with Gasteiger partial charge in [0.25, 0.3) is 0 Å². The molecule has 0 amide bonds. The summed E-state index contributed by atoms with van der Waals surface area (Å²) in [6.45, 7) is 2.58. The number of alkyl halides is 3. The average Bonchev–Trinajstić information content (AvgIpc) is 3.60. The third-order valence-corrected chi connectivity index (χ3v) is 7.53. The quantitative estimate of drug-likeness (QED) is 0.204. The Morgan fingerprint density at radius 1 is 1.05 bits per heavy atom. The molecule has 43 heavy (non-hydrogen) atoms. The number of fused-ring (bicyclic) bond motifs is 1. The molecule has 1 atom stereocenters. The number of aryl methyl sites for hydroxylation is 1. The Morgan fingerprint density at radius 3 is 2.42 bits per heavy atom. The van der Waals surface area contributed by atoms with Gasteiger partial charge in [-0.3, -0.25) is 4.68 Å². The number of aromatic nitrogens is 8. The van der Waals surface area contributed by atoms with Gasteiger partial charge >= 0.3 is 6.18 Å². The zero-order valence-electron chi connectivity index (χ0n) is 27.3. The fourth-order valence-corrected chi connectivity index (χ4v) is 5.08. The lowest BCUT2D eigenvalue weighted by Crippen LogP contribution is -2.23. The summed E-state index contributed by atoms with van der Waals surface area (Å²) in [6.07, 6.45) is 1.40. The number of hydrogen-bond donors (Lipinski definition) is 0. The van der Waals surface area contributed by atoms with Crippen molar-refractivity contribution < 1.29 is 22.0 Å². The van der Waals surface area contributed by atoms with E-state index in [1.165, 1.54) is 27.6 Å². The molecule has 0 radical (unpaired) electrons. The van der Waals surface area contributed by atoms with Crippen LogP contribution in [0.3, 0.4) is 0 Å². The molecular weight excluding hydrogens is 559 g/mol. The Labute approximate surface area is 250 Å². The first-order chi connectivity index (χ1) is 21.7. The van der Waals surface area contributed by atoms with Crippen molar-refractivity contribution in [3.63, 3.8) is 0 Å². The van der Waals surface area contributed by atoms with Crippen molar-refractivity contribution in [3.8, 4) is 28.7 Å². The van der Waals surface area contributed by atoms with Gasteiger partial charge in [0, 0.05) is 41.9 Å². The van der Waals surface area contributed by atoms with Gasteiger partial charge in [0.15, 0.2) is 22.9 Å². The van der Waals surface area contributed by atoms with E-state index in [1.54, 1.807) is 58.3 Å². The average molecular weight is 595 g/mol. The molecule has 0 unspecified atom stereocenters. The largest absolute Gasteiger partial charge is 0.480 e. The molecule has 0 spiro atoms. The molecule has 1 saturated carbocycles. The number of nitrogens with zero attached hydrogens (tertiary/aromatic N) is 9. The van der Waals surface area contributed by atoms with Crippen LogP contribution in [0.15, 0.2) is 43.0 Å². The summed E-state index contributed by atoms with van der Waals surface area (Å²) in [6, 6.07) is 5.60. The van der Waals surface area contributed by atoms with E-state index >= 15 is 0 Å². The number of hydrogen-bond acceptors (Lipinski definition) is 8. The molecule has 5 aromatic rings. The van der Waals surface area contributed by atoms with Gasteiger partial charge in [0.1, 0.15) is 23.2 Å². The van der Waals surface area contributed by atoms with E-state index in [9.17, 15) is 13.2 Å². The monoisotopic (exact) mass is 594 g/mol. The number of halogens is 3. The molecule has 6 rings (SSSR count). The summed E-state index contributed by atoms with van der Waals surface area (Å²) < 4.78 is 74.7. The first kappa shape index (κ1) is 25.0. The van der Waals surface area contributed by atoms with Crippen molar-refractivity contribution in [1.82, 2.24) is 39.3 Å². The van der Waals surface area contributed by atoms with Gasteiger partial charge in [-0.2, -0.15) is 18.3 Å². The molecule has 0 bridgehead atoms. The predicted octanol–water partition coefficient (Wildman–Crippen LogP) is 6.37. The molecule has 0 aliphatic heterocycles. The molecule has 0 saturated heterocycles. The zero-order valence-corrected chi connectivity index (χ0v) is 24.3. The second-order valence-corrected chi connectivity index (χ2v) is 10.9. The molecule has 1 aliphatic rings. The number of imidazole rings is 1. The van der Waals surface area contributed by atoms with E-state index in [-0.39, 0.29) is 40.8 Å². The number of methoxy groups -OCH3 is 1. The molecule has 13 heteroatoms. The van der Waals surface area contributed by atoms with Crippen LogP contribution in [0.1, 0.15) is 72.7 Å². The Kier molecular flexibility index (Phi) is 6.17. The second-order valence-electron chi connectivity index (χ2n) is 10.9. The third-order valence-electron chi connectivity index (χ3n) is 7.53. The lowest BCUT2D eigenvalue weighted by atomic mass is 10.0. The second kappa shape index (κ2) is 10.6. The smallest absolute Gasteiger partial charge is 0.434 e. The van der Waals surface area contributed by atoms with Crippen molar-refractivity contribution in [2.75, 3.05) is 19.0 Å². The first-order valence-corrected chi connectivity index (χ1v) is 13.8. The normalized spacial score (nSPS) is 15.8. The molecule has 4 aromatic heterocycles. The van der Waals surface area contributed by atoms with Crippen LogP contribution in [0.25, 0.3) is 33.8 Å². The number of ether oxygens (including phenoxy) is 1. The van der Waals surface area contributed by atoms with E-state index in [4.69, 9.17) is 18.8 Å². The highest BCUT2D eigenvalue weighted by Gasteiger charge is 2.35. The van der Waals surface area contributed by atoms with Gasteiger partial charge < -0.3 is 14.2 Å². The van der Waals surface area contributed by atoms with E-state index in [0.717, 1.165) is 24.7 Å². The SMILES string of the molecule is [2H]C([2H])([2H])N(c1nc(-c2c(OC)ncnc2C2CC2)nc2cn(C)nc12)[C@H](C)c1ccc(-c2nc(C(F)(F)F)cn2C(C)C)cc1. The molecule has 1 aromatic carbocycles. The van der Waals surface area contributed by atoms with Gasteiger partial charge in [-0.15, -0.1) is 0 Å². The molecule has 1 aliphatic carbocycles. The molecule has 4 heterocycles. The van der Waals surface area contributed by atoms with Crippen molar-refractivity contribution >= 4 is 16.9 Å². The summed E-state index contributed by atoms with van der Waals surface area (Å²) in [7, 11) is 3.20. The van der Waals surface area contributed by atoms with E-state index in [1.807, 2.05) is 0 Å². The molecular formula is C30H32F3N9O. The Morgan fingerprint density at radius 2 is 1.79 bits per heavy atom. The van der Waals surface area contributed by atoms with Crippen LogP contribution in [0.4, 0.5) is 19.0 Å². The van der Waals surface area contributed by atoms with Gasteiger partial charge in [-0.05, 0) is 39.2 Å². The number of rotatable bonds is 8.